The third-order valence-electron chi connectivity index (χ3n) is 2.82. The van der Waals surface area contributed by atoms with Crippen molar-refractivity contribution in [2.75, 3.05) is 20.3 Å². The summed E-state index contributed by atoms with van der Waals surface area (Å²) in [6, 6.07) is 4.41. The summed E-state index contributed by atoms with van der Waals surface area (Å²) in [7, 11) is 1.23. The Hall–Kier alpha value is -2.97. The van der Waals surface area contributed by atoms with Crippen LogP contribution in [0.1, 0.15) is 36.7 Å². The van der Waals surface area contributed by atoms with Crippen molar-refractivity contribution in [3.63, 3.8) is 0 Å². The molecule has 0 bridgehead atoms. The molecule has 9 nitrogen and oxygen atoms in total. The third-order valence-corrected chi connectivity index (χ3v) is 2.82. The van der Waals surface area contributed by atoms with E-state index in [2.05, 4.69) is 10.5 Å². The van der Waals surface area contributed by atoms with E-state index in [0.29, 0.717) is 5.56 Å². The largest absolute Gasteiger partial charge is 0.491 e. The average molecular weight is 353 g/mol. The first-order valence-corrected chi connectivity index (χ1v) is 7.48. The van der Waals surface area contributed by atoms with Crippen molar-refractivity contribution in [3.05, 3.63) is 29.3 Å². The minimum atomic E-state index is -0.636. The molecule has 1 amide bonds. The van der Waals surface area contributed by atoms with Gasteiger partial charge in [-0.05, 0) is 39.0 Å². The number of nitrogens with one attached hydrogen (secondary N) is 1. The molecule has 0 saturated carbocycles. The van der Waals surface area contributed by atoms with Crippen molar-refractivity contribution >= 4 is 17.9 Å². The van der Waals surface area contributed by atoms with Crippen LogP contribution in [0.4, 0.5) is 4.79 Å². The van der Waals surface area contributed by atoms with E-state index in [1.54, 1.807) is 20.8 Å². The Balaban J connectivity index is 2.72. The molecule has 0 aliphatic carbocycles. The SMILES string of the molecule is COC(=O)c1cc(C(N)=NO)ccc1OCCNC(=O)OC(C)(C)C. The number of nitrogens with two attached hydrogens (primary N) is 1. The van der Waals surface area contributed by atoms with Gasteiger partial charge in [0.05, 0.1) is 13.7 Å². The highest BCUT2D eigenvalue weighted by Gasteiger charge is 2.17. The highest BCUT2D eigenvalue weighted by Crippen LogP contribution is 2.21. The number of methoxy groups -OCH3 is 1. The van der Waals surface area contributed by atoms with Gasteiger partial charge in [-0.3, -0.25) is 0 Å². The molecule has 0 atom stereocenters. The summed E-state index contributed by atoms with van der Waals surface area (Å²) < 4.78 is 15.3. The van der Waals surface area contributed by atoms with Crippen molar-refractivity contribution in [1.82, 2.24) is 5.32 Å². The highest BCUT2D eigenvalue weighted by molar-refractivity contribution is 6.01. The van der Waals surface area contributed by atoms with E-state index in [1.165, 1.54) is 25.3 Å². The van der Waals surface area contributed by atoms with Gasteiger partial charge in [0.1, 0.15) is 23.5 Å². The summed E-state index contributed by atoms with van der Waals surface area (Å²) >= 11 is 0. The molecule has 0 spiro atoms. The monoisotopic (exact) mass is 353 g/mol. The second-order valence-corrected chi connectivity index (χ2v) is 5.96. The number of ether oxygens (including phenoxy) is 3. The first-order valence-electron chi connectivity index (χ1n) is 7.48. The van der Waals surface area contributed by atoms with Crippen LogP contribution in [0, 0.1) is 0 Å². The first-order chi connectivity index (χ1) is 11.7. The van der Waals surface area contributed by atoms with E-state index >= 15 is 0 Å². The minimum Gasteiger partial charge on any atom is -0.491 e. The maximum atomic E-state index is 11.9. The smallest absolute Gasteiger partial charge is 0.407 e. The molecule has 0 aromatic heterocycles. The molecule has 0 fully saturated rings. The molecular formula is C16H23N3O6. The van der Waals surface area contributed by atoms with E-state index in [4.69, 9.17) is 25.2 Å². The van der Waals surface area contributed by atoms with Gasteiger partial charge < -0.3 is 30.5 Å². The molecule has 0 unspecified atom stereocenters. The number of oxime groups is 1. The molecule has 0 aliphatic rings. The number of amidine groups is 1. The molecule has 0 heterocycles. The summed E-state index contributed by atoms with van der Waals surface area (Å²) in [4.78, 5) is 23.4. The van der Waals surface area contributed by atoms with Gasteiger partial charge in [0.25, 0.3) is 0 Å². The van der Waals surface area contributed by atoms with Crippen LogP contribution >= 0.6 is 0 Å². The number of alkyl carbamates (subject to hydrolysis) is 1. The summed E-state index contributed by atoms with van der Waals surface area (Å²) in [6.45, 7) is 5.56. The van der Waals surface area contributed by atoms with E-state index in [-0.39, 0.29) is 30.3 Å². The number of carbonyl (C=O) groups excluding carboxylic acids is 2. The number of benzene rings is 1. The zero-order chi connectivity index (χ0) is 19.0. The normalized spacial score (nSPS) is 11.6. The van der Waals surface area contributed by atoms with Crippen LogP contribution in [0.3, 0.4) is 0 Å². The Morgan fingerprint density at radius 3 is 2.56 bits per heavy atom. The summed E-state index contributed by atoms with van der Waals surface area (Å²) in [5.41, 5.74) is 5.37. The second-order valence-electron chi connectivity index (χ2n) is 5.96. The van der Waals surface area contributed by atoms with Gasteiger partial charge in [-0.15, -0.1) is 0 Å². The second kappa shape index (κ2) is 8.76. The molecule has 0 aliphatic heterocycles. The molecule has 9 heteroatoms. The highest BCUT2D eigenvalue weighted by atomic mass is 16.6. The standard InChI is InChI=1S/C16H23N3O6/c1-16(2,3)25-15(21)18-7-8-24-12-6-5-10(13(17)19-22)9-11(12)14(20)23-4/h5-6,9,22H,7-8H2,1-4H3,(H2,17,19)(H,18,21). The Labute approximate surface area is 145 Å². The number of hydrogen-bond acceptors (Lipinski definition) is 7. The maximum Gasteiger partial charge on any atom is 0.407 e. The molecule has 1 aromatic rings. The van der Waals surface area contributed by atoms with E-state index < -0.39 is 17.7 Å². The third kappa shape index (κ3) is 6.58. The van der Waals surface area contributed by atoms with Gasteiger partial charge in [0.15, 0.2) is 5.84 Å². The molecular weight excluding hydrogens is 330 g/mol. The van der Waals surface area contributed by atoms with Gasteiger partial charge >= 0.3 is 12.1 Å². The zero-order valence-corrected chi connectivity index (χ0v) is 14.7. The van der Waals surface area contributed by atoms with Gasteiger partial charge in [-0.25, -0.2) is 9.59 Å². The molecule has 4 N–H and O–H groups in total. The molecule has 138 valence electrons. The average Bonchev–Trinajstić information content (AvgIpc) is 2.55. The van der Waals surface area contributed by atoms with E-state index in [0.717, 1.165) is 0 Å². The number of nitrogens with zero attached hydrogens (tertiary/aromatic N) is 1. The molecule has 1 rings (SSSR count). The topological polar surface area (TPSA) is 132 Å². The van der Waals surface area contributed by atoms with E-state index in [9.17, 15) is 9.59 Å². The van der Waals surface area contributed by atoms with Crippen LogP contribution in [-0.2, 0) is 9.47 Å². The fraction of sp³-hybridized carbons (Fsp3) is 0.438. The van der Waals surface area contributed by atoms with Gasteiger partial charge in [-0.2, -0.15) is 0 Å². The number of amides is 1. The van der Waals surface area contributed by atoms with Gasteiger partial charge in [-0.1, -0.05) is 5.16 Å². The Kier molecular flexibility index (Phi) is 7.04. The van der Waals surface area contributed by atoms with Crippen LogP contribution in [0.15, 0.2) is 23.4 Å². The predicted octanol–water partition coefficient (Wildman–Crippen LogP) is 1.47. The number of rotatable bonds is 6. The summed E-state index contributed by atoms with van der Waals surface area (Å²) in [5.74, 6) is -0.543. The molecule has 1 aromatic carbocycles. The lowest BCUT2D eigenvalue weighted by Gasteiger charge is -2.19. The summed E-state index contributed by atoms with van der Waals surface area (Å²) in [6.07, 6.45) is -0.563. The molecule has 25 heavy (non-hydrogen) atoms. The minimum absolute atomic E-state index is 0.103. The van der Waals surface area contributed by atoms with Crippen molar-refractivity contribution < 1.29 is 29.0 Å². The van der Waals surface area contributed by atoms with Crippen molar-refractivity contribution in [1.29, 1.82) is 0 Å². The molecule has 0 saturated heterocycles. The Bertz CT molecular complexity index is 652. The first kappa shape index (κ1) is 20.1. The van der Waals surface area contributed by atoms with Crippen molar-refractivity contribution in [2.45, 2.75) is 26.4 Å². The van der Waals surface area contributed by atoms with Crippen LogP contribution in [0.25, 0.3) is 0 Å². The van der Waals surface area contributed by atoms with Crippen molar-refractivity contribution in [3.8, 4) is 5.75 Å². The fourth-order valence-electron chi connectivity index (χ4n) is 1.77. The fourth-order valence-corrected chi connectivity index (χ4v) is 1.77. The Morgan fingerprint density at radius 1 is 1.32 bits per heavy atom. The summed E-state index contributed by atoms with van der Waals surface area (Å²) in [5, 5.41) is 14.1. The predicted molar refractivity (Wildman–Crippen MR) is 90.0 cm³/mol. The maximum absolute atomic E-state index is 11.9. The van der Waals surface area contributed by atoms with Gasteiger partial charge in [0, 0.05) is 5.56 Å². The van der Waals surface area contributed by atoms with Crippen LogP contribution in [0.2, 0.25) is 0 Å². The molecule has 0 radical (unpaired) electrons. The van der Waals surface area contributed by atoms with E-state index in [1.807, 2.05) is 0 Å². The van der Waals surface area contributed by atoms with Gasteiger partial charge in [0.2, 0.25) is 0 Å². The quantitative estimate of drug-likeness (QED) is 0.176. The Morgan fingerprint density at radius 2 is 2.00 bits per heavy atom. The lowest BCUT2D eigenvalue weighted by atomic mass is 10.1. The number of carbonyl (C=O) groups is 2. The lowest BCUT2D eigenvalue weighted by Crippen LogP contribution is -2.34. The van der Waals surface area contributed by atoms with Crippen LogP contribution in [-0.4, -0.2) is 49.0 Å². The van der Waals surface area contributed by atoms with Crippen molar-refractivity contribution in [2.24, 2.45) is 10.9 Å². The number of hydrogen-bond donors (Lipinski definition) is 3. The number of esters is 1. The van der Waals surface area contributed by atoms with Crippen LogP contribution in [0.5, 0.6) is 5.75 Å². The van der Waals surface area contributed by atoms with Crippen LogP contribution < -0.4 is 15.8 Å². The zero-order valence-electron chi connectivity index (χ0n) is 14.7. The lowest BCUT2D eigenvalue weighted by molar-refractivity contribution is 0.0516.